The molecule has 2 aliphatic heterocycles. The number of nitrogens with zero attached hydrogens (tertiary/aromatic N) is 1. The highest BCUT2D eigenvalue weighted by Crippen LogP contribution is 2.31. The number of thioether (sulfide) groups is 1. The van der Waals surface area contributed by atoms with Gasteiger partial charge in [-0.1, -0.05) is 6.42 Å². The second-order valence-electron chi connectivity index (χ2n) is 7.21. The molecular formula is C18H26N2O6S3. The predicted octanol–water partition coefficient (Wildman–Crippen LogP) is 1.73. The number of methoxy groups -OCH3 is 1. The third kappa shape index (κ3) is 5.65. The zero-order valence-electron chi connectivity index (χ0n) is 16.3. The van der Waals surface area contributed by atoms with Crippen LogP contribution in [0.2, 0.25) is 0 Å². The van der Waals surface area contributed by atoms with Crippen LogP contribution in [0.3, 0.4) is 0 Å². The first-order valence-corrected chi connectivity index (χ1v) is 13.8. The summed E-state index contributed by atoms with van der Waals surface area (Å²) in [6.07, 6.45) is 3.22. The molecule has 1 unspecified atom stereocenters. The molecule has 0 aromatic heterocycles. The molecule has 29 heavy (non-hydrogen) atoms. The summed E-state index contributed by atoms with van der Waals surface area (Å²) < 4.78 is 55.8. The second kappa shape index (κ2) is 9.23. The average Bonchev–Trinajstić information content (AvgIpc) is 3.06. The summed E-state index contributed by atoms with van der Waals surface area (Å²) in [6.45, 7) is 0.950. The number of sulfonamides is 1. The van der Waals surface area contributed by atoms with Crippen LogP contribution in [-0.2, 0) is 24.7 Å². The summed E-state index contributed by atoms with van der Waals surface area (Å²) in [5, 5.41) is 2.63. The highest BCUT2D eigenvalue weighted by atomic mass is 32.2. The van der Waals surface area contributed by atoms with Gasteiger partial charge >= 0.3 is 0 Å². The van der Waals surface area contributed by atoms with E-state index in [1.807, 2.05) is 0 Å². The van der Waals surface area contributed by atoms with Gasteiger partial charge in [-0.2, -0.15) is 4.31 Å². The summed E-state index contributed by atoms with van der Waals surface area (Å²) in [5.74, 6) is 0.319. The monoisotopic (exact) mass is 462 g/mol. The van der Waals surface area contributed by atoms with E-state index in [0.717, 1.165) is 19.3 Å². The van der Waals surface area contributed by atoms with E-state index in [1.54, 1.807) is 6.07 Å². The first-order chi connectivity index (χ1) is 13.7. The van der Waals surface area contributed by atoms with Crippen LogP contribution in [0.1, 0.15) is 25.7 Å². The van der Waals surface area contributed by atoms with Gasteiger partial charge < -0.3 is 10.1 Å². The van der Waals surface area contributed by atoms with E-state index in [0.29, 0.717) is 25.2 Å². The van der Waals surface area contributed by atoms with Crippen LogP contribution in [0.4, 0.5) is 5.69 Å². The Morgan fingerprint density at radius 2 is 2.00 bits per heavy atom. The summed E-state index contributed by atoms with van der Waals surface area (Å²) in [6, 6.07) is 4.55. The lowest BCUT2D eigenvalue weighted by molar-refractivity contribution is -0.113. The maximum Gasteiger partial charge on any atom is 0.246 e. The van der Waals surface area contributed by atoms with Crippen LogP contribution < -0.4 is 10.1 Å². The fourth-order valence-corrected chi connectivity index (χ4v) is 8.63. The van der Waals surface area contributed by atoms with Gasteiger partial charge in [0.05, 0.1) is 24.4 Å². The molecule has 1 amide bonds. The average molecular weight is 463 g/mol. The Morgan fingerprint density at radius 1 is 1.28 bits per heavy atom. The van der Waals surface area contributed by atoms with E-state index < -0.39 is 19.9 Å². The predicted molar refractivity (Wildman–Crippen MR) is 114 cm³/mol. The van der Waals surface area contributed by atoms with Crippen LogP contribution in [-0.4, -0.2) is 69.8 Å². The standard InChI is InChI=1S/C18H26N2O6S3/c1-26-16-6-5-14(11-17(16)29(24,25)20-8-3-2-4-9-20)19-18(21)12-27-15-7-10-28(22,23)13-15/h5-6,11,15H,2-4,7-10,12-13H2,1H3,(H,19,21). The van der Waals surface area contributed by atoms with E-state index in [9.17, 15) is 21.6 Å². The Balaban J connectivity index is 1.68. The van der Waals surface area contributed by atoms with Crippen LogP contribution in [0.25, 0.3) is 0 Å². The molecule has 2 saturated heterocycles. The fourth-order valence-electron chi connectivity index (χ4n) is 3.48. The molecule has 0 radical (unpaired) electrons. The minimum atomic E-state index is -3.72. The van der Waals surface area contributed by atoms with Crippen molar-refractivity contribution in [3.05, 3.63) is 18.2 Å². The van der Waals surface area contributed by atoms with Crippen molar-refractivity contribution in [3.63, 3.8) is 0 Å². The number of amides is 1. The number of benzene rings is 1. The van der Waals surface area contributed by atoms with Crippen LogP contribution in [0.15, 0.2) is 23.1 Å². The Hall–Kier alpha value is -1.30. The number of carbonyl (C=O) groups is 1. The lowest BCUT2D eigenvalue weighted by atomic mass is 10.2. The van der Waals surface area contributed by atoms with Gasteiger partial charge in [0.25, 0.3) is 0 Å². The van der Waals surface area contributed by atoms with Crippen molar-refractivity contribution < 1.29 is 26.4 Å². The van der Waals surface area contributed by atoms with E-state index >= 15 is 0 Å². The molecule has 8 nitrogen and oxygen atoms in total. The quantitative estimate of drug-likeness (QED) is 0.657. The van der Waals surface area contributed by atoms with Crippen molar-refractivity contribution in [2.45, 2.75) is 35.8 Å². The molecule has 162 valence electrons. The van der Waals surface area contributed by atoms with Gasteiger partial charge in [0, 0.05) is 24.0 Å². The summed E-state index contributed by atoms with van der Waals surface area (Å²) in [7, 11) is -5.28. The van der Waals surface area contributed by atoms with Crippen LogP contribution >= 0.6 is 11.8 Å². The Morgan fingerprint density at radius 3 is 2.62 bits per heavy atom. The van der Waals surface area contributed by atoms with Gasteiger partial charge in [-0.05, 0) is 37.5 Å². The lowest BCUT2D eigenvalue weighted by Crippen LogP contribution is -2.35. The molecule has 2 heterocycles. The number of hydrogen-bond acceptors (Lipinski definition) is 7. The maximum atomic E-state index is 13.0. The first-order valence-electron chi connectivity index (χ1n) is 9.51. The van der Waals surface area contributed by atoms with Gasteiger partial charge in [0.1, 0.15) is 10.6 Å². The maximum absolute atomic E-state index is 13.0. The zero-order valence-corrected chi connectivity index (χ0v) is 18.7. The minimum absolute atomic E-state index is 0.0363. The number of carbonyl (C=O) groups excluding carboxylic acids is 1. The smallest absolute Gasteiger partial charge is 0.246 e. The van der Waals surface area contributed by atoms with Crippen LogP contribution in [0.5, 0.6) is 5.75 Å². The number of piperidine rings is 1. The number of anilines is 1. The highest BCUT2D eigenvalue weighted by Gasteiger charge is 2.30. The molecule has 0 saturated carbocycles. The third-order valence-electron chi connectivity index (χ3n) is 5.02. The van der Waals surface area contributed by atoms with E-state index in [1.165, 1.54) is 35.3 Å². The second-order valence-corrected chi connectivity index (χ2v) is 12.6. The van der Waals surface area contributed by atoms with Crippen LogP contribution in [0, 0.1) is 0 Å². The topological polar surface area (TPSA) is 110 Å². The molecule has 0 bridgehead atoms. The molecular weight excluding hydrogens is 436 g/mol. The Labute approximate surface area is 176 Å². The van der Waals surface area contributed by atoms with E-state index in [-0.39, 0.29) is 39.1 Å². The minimum Gasteiger partial charge on any atom is -0.495 e. The normalized spacial score (nSPS) is 22.3. The number of sulfone groups is 1. The molecule has 0 aliphatic carbocycles. The van der Waals surface area contributed by atoms with Crippen molar-refractivity contribution in [2.24, 2.45) is 0 Å². The van der Waals surface area contributed by atoms with Gasteiger partial charge in [0.15, 0.2) is 9.84 Å². The van der Waals surface area contributed by atoms with Crippen molar-refractivity contribution in [2.75, 3.05) is 42.8 Å². The van der Waals surface area contributed by atoms with Gasteiger partial charge in [-0.25, -0.2) is 16.8 Å². The molecule has 2 aliphatic rings. The number of hydrogen-bond donors (Lipinski definition) is 1. The lowest BCUT2D eigenvalue weighted by Gasteiger charge is -2.26. The van der Waals surface area contributed by atoms with Crippen molar-refractivity contribution in [1.82, 2.24) is 4.31 Å². The summed E-state index contributed by atoms with van der Waals surface area (Å²) in [5.41, 5.74) is 0.367. The van der Waals surface area contributed by atoms with Gasteiger partial charge in [-0.15, -0.1) is 11.8 Å². The summed E-state index contributed by atoms with van der Waals surface area (Å²) in [4.78, 5) is 12.3. The number of ether oxygens (including phenoxy) is 1. The number of nitrogens with one attached hydrogen (secondary N) is 1. The van der Waals surface area contributed by atoms with Crippen molar-refractivity contribution in [1.29, 1.82) is 0 Å². The Bertz CT molecular complexity index is 956. The van der Waals surface area contributed by atoms with Crippen molar-refractivity contribution in [3.8, 4) is 5.75 Å². The SMILES string of the molecule is COc1ccc(NC(=O)CSC2CCS(=O)(=O)C2)cc1S(=O)(=O)N1CCCCC1. The molecule has 0 spiro atoms. The molecule has 1 aromatic carbocycles. The van der Waals surface area contributed by atoms with Crippen molar-refractivity contribution >= 4 is 43.2 Å². The molecule has 1 aromatic rings. The molecule has 11 heteroatoms. The highest BCUT2D eigenvalue weighted by molar-refractivity contribution is 8.02. The fraction of sp³-hybridized carbons (Fsp3) is 0.611. The van der Waals surface area contributed by atoms with Gasteiger partial charge in [0.2, 0.25) is 15.9 Å². The first kappa shape index (κ1) is 22.4. The Kier molecular flexibility index (Phi) is 7.13. The van der Waals surface area contributed by atoms with E-state index in [2.05, 4.69) is 5.32 Å². The largest absolute Gasteiger partial charge is 0.495 e. The molecule has 3 rings (SSSR count). The molecule has 1 N–H and O–H groups in total. The molecule has 1 atom stereocenters. The van der Waals surface area contributed by atoms with E-state index in [4.69, 9.17) is 4.74 Å². The summed E-state index contributed by atoms with van der Waals surface area (Å²) >= 11 is 1.31. The number of rotatable bonds is 7. The molecule has 2 fully saturated rings. The van der Waals surface area contributed by atoms with Gasteiger partial charge in [-0.3, -0.25) is 4.79 Å². The zero-order chi connectivity index (χ0) is 21.1. The third-order valence-corrected chi connectivity index (χ3v) is 10.2.